The third-order valence-corrected chi connectivity index (χ3v) is 4.58. The predicted molar refractivity (Wildman–Crippen MR) is 101 cm³/mol. The van der Waals surface area contributed by atoms with E-state index in [1.54, 1.807) is 18.2 Å². The molecule has 0 aromatic heterocycles. The Morgan fingerprint density at radius 2 is 2.04 bits per heavy atom. The van der Waals surface area contributed by atoms with Crippen LogP contribution in [0.3, 0.4) is 0 Å². The number of fused-ring (bicyclic) bond motifs is 1. The highest BCUT2D eigenvalue weighted by Crippen LogP contribution is 2.37. The number of amides is 1. The molecule has 136 valence electrons. The zero-order valence-electron chi connectivity index (χ0n) is 13.4. The van der Waals surface area contributed by atoms with Gasteiger partial charge in [0.25, 0.3) is 11.6 Å². The largest absolute Gasteiger partial charge is 0.454 e. The van der Waals surface area contributed by atoms with Gasteiger partial charge in [-0.25, -0.2) is 0 Å². The topological polar surface area (TPSA) is 114 Å². The summed E-state index contributed by atoms with van der Waals surface area (Å²) < 4.78 is 11.1. The van der Waals surface area contributed by atoms with Crippen LogP contribution in [0.25, 0.3) is 6.08 Å². The van der Waals surface area contributed by atoms with Gasteiger partial charge >= 0.3 is 0 Å². The Labute approximate surface area is 166 Å². The fourth-order valence-corrected chi connectivity index (χ4v) is 2.86. The Morgan fingerprint density at radius 3 is 2.70 bits per heavy atom. The number of nitro groups is 1. The van der Waals surface area contributed by atoms with E-state index in [4.69, 9.17) is 21.1 Å². The first-order valence-corrected chi connectivity index (χ1v) is 8.52. The third kappa shape index (κ3) is 4.02. The number of nitriles is 1. The molecule has 0 bridgehead atoms. The van der Waals surface area contributed by atoms with Crippen LogP contribution in [0.15, 0.2) is 40.4 Å². The van der Waals surface area contributed by atoms with Crippen molar-refractivity contribution in [2.75, 3.05) is 12.1 Å². The Kier molecular flexibility index (Phi) is 5.30. The van der Waals surface area contributed by atoms with E-state index < -0.39 is 10.8 Å². The number of carbonyl (C=O) groups excluding carboxylic acids is 1. The van der Waals surface area contributed by atoms with E-state index in [0.29, 0.717) is 21.5 Å². The Balaban J connectivity index is 1.90. The van der Waals surface area contributed by atoms with E-state index in [-0.39, 0.29) is 28.8 Å². The van der Waals surface area contributed by atoms with Gasteiger partial charge < -0.3 is 14.8 Å². The number of rotatable bonds is 4. The maximum Gasteiger partial charge on any atom is 0.271 e. The van der Waals surface area contributed by atoms with Crippen molar-refractivity contribution >= 4 is 50.9 Å². The number of anilines is 1. The highest BCUT2D eigenvalue weighted by atomic mass is 79.9. The molecular weight excluding hydrogens is 442 g/mol. The predicted octanol–water partition coefficient (Wildman–Crippen LogP) is 4.29. The van der Waals surface area contributed by atoms with Gasteiger partial charge in [0.2, 0.25) is 6.79 Å². The molecule has 1 N–H and O–H groups in total. The SMILES string of the molecule is N#C/C(=C\c1cc2c(cc1Br)OCO2)C(=O)Nc1cc([N+](=O)[O-])ccc1Cl. The van der Waals surface area contributed by atoms with Gasteiger partial charge in [-0.1, -0.05) is 27.5 Å². The van der Waals surface area contributed by atoms with Crippen LogP contribution in [0.4, 0.5) is 11.4 Å². The Morgan fingerprint density at radius 1 is 1.33 bits per heavy atom. The molecule has 0 fully saturated rings. The van der Waals surface area contributed by atoms with Gasteiger partial charge in [-0.05, 0) is 29.8 Å². The quantitative estimate of drug-likeness (QED) is 0.322. The lowest BCUT2D eigenvalue weighted by Gasteiger charge is -2.07. The summed E-state index contributed by atoms with van der Waals surface area (Å²) in [6.07, 6.45) is 1.35. The van der Waals surface area contributed by atoms with Crippen molar-refractivity contribution in [1.82, 2.24) is 0 Å². The standard InChI is InChI=1S/C17H9BrClN3O5/c18-12-6-16-15(26-8-27-16)4-9(12)3-10(7-20)17(23)21-14-5-11(22(24)25)1-2-13(14)19/h1-6H,8H2,(H,21,23)/b10-3+. The molecule has 0 atom stereocenters. The summed E-state index contributed by atoms with van der Waals surface area (Å²) in [5.74, 6) is 0.277. The molecule has 0 spiro atoms. The van der Waals surface area contributed by atoms with Gasteiger partial charge in [-0.2, -0.15) is 5.26 Å². The Hall–Kier alpha value is -3.09. The van der Waals surface area contributed by atoms with E-state index in [1.807, 2.05) is 0 Å². The molecule has 1 heterocycles. The minimum absolute atomic E-state index is 0.0294. The summed E-state index contributed by atoms with van der Waals surface area (Å²) in [6, 6.07) is 8.71. The molecule has 0 radical (unpaired) electrons. The van der Waals surface area contributed by atoms with E-state index in [1.165, 1.54) is 18.2 Å². The molecule has 10 heteroatoms. The van der Waals surface area contributed by atoms with Crippen molar-refractivity contribution in [2.45, 2.75) is 0 Å². The summed E-state index contributed by atoms with van der Waals surface area (Å²) in [5.41, 5.74) is 0.0886. The van der Waals surface area contributed by atoms with Crippen LogP contribution < -0.4 is 14.8 Å². The van der Waals surface area contributed by atoms with Crippen LogP contribution in [0.1, 0.15) is 5.56 Å². The van der Waals surface area contributed by atoms with Gasteiger partial charge in [-0.3, -0.25) is 14.9 Å². The molecule has 0 aliphatic carbocycles. The molecule has 0 saturated carbocycles. The highest BCUT2D eigenvalue weighted by Gasteiger charge is 2.18. The number of hydrogen-bond acceptors (Lipinski definition) is 6. The monoisotopic (exact) mass is 449 g/mol. The van der Waals surface area contributed by atoms with Gasteiger partial charge in [-0.15, -0.1) is 0 Å². The highest BCUT2D eigenvalue weighted by molar-refractivity contribution is 9.10. The molecule has 1 aliphatic rings. The van der Waals surface area contributed by atoms with E-state index in [9.17, 15) is 20.2 Å². The molecule has 8 nitrogen and oxygen atoms in total. The van der Waals surface area contributed by atoms with Crippen molar-refractivity contribution in [3.8, 4) is 17.6 Å². The number of halogens is 2. The molecule has 27 heavy (non-hydrogen) atoms. The van der Waals surface area contributed by atoms with Crippen molar-refractivity contribution in [3.63, 3.8) is 0 Å². The molecule has 2 aromatic rings. The second-order valence-corrected chi connectivity index (χ2v) is 6.53. The van der Waals surface area contributed by atoms with Crippen LogP contribution in [-0.4, -0.2) is 17.6 Å². The summed E-state index contributed by atoms with van der Waals surface area (Å²) in [6.45, 7) is 0.0891. The van der Waals surface area contributed by atoms with Crippen LogP contribution in [0, 0.1) is 21.4 Å². The van der Waals surface area contributed by atoms with Gasteiger partial charge in [0.15, 0.2) is 11.5 Å². The summed E-state index contributed by atoms with van der Waals surface area (Å²) in [5, 5.41) is 22.7. The van der Waals surface area contributed by atoms with Gasteiger partial charge in [0.1, 0.15) is 11.6 Å². The first-order valence-electron chi connectivity index (χ1n) is 7.35. The lowest BCUT2D eigenvalue weighted by molar-refractivity contribution is -0.384. The number of non-ortho nitro benzene ring substituents is 1. The molecular formula is C17H9BrClN3O5. The first-order chi connectivity index (χ1) is 12.9. The number of benzene rings is 2. The number of nitrogens with one attached hydrogen (secondary N) is 1. The van der Waals surface area contributed by atoms with E-state index in [2.05, 4.69) is 21.2 Å². The van der Waals surface area contributed by atoms with Crippen molar-refractivity contribution in [1.29, 1.82) is 5.26 Å². The molecule has 0 unspecified atom stereocenters. The van der Waals surface area contributed by atoms with Crippen LogP contribution in [-0.2, 0) is 4.79 Å². The normalized spacial score (nSPS) is 12.4. The average Bonchev–Trinajstić information content (AvgIpc) is 3.08. The third-order valence-electron chi connectivity index (χ3n) is 3.57. The van der Waals surface area contributed by atoms with E-state index >= 15 is 0 Å². The number of nitrogens with zero attached hydrogens (tertiary/aromatic N) is 2. The van der Waals surface area contributed by atoms with Gasteiger partial charge in [0.05, 0.1) is 15.6 Å². The van der Waals surface area contributed by atoms with Crippen LogP contribution in [0.5, 0.6) is 11.5 Å². The Bertz CT molecular complexity index is 1030. The zero-order valence-corrected chi connectivity index (χ0v) is 15.7. The van der Waals surface area contributed by atoms with Crippen molar-refractivity contribution < 1.29 is 19.2 Å². The summed E-state index contributed by atoms with van der Waals surface area (Å²) in [7, 11) is 0. The minimum atomic E-state index is -0.760. The zero-order chi connectivity index (χ0) is 19.6. The van der Waals surface area contributed by atoms with Crippen molar-refractivity contribution in [3.05, 3.63) is 61.1 Å². The van der Waals surface area contributed by atoms with E-state index in [0.717, 1.165) is 6.07 Å². The molecule has 2 aromatic carbocycles. The van der Waals surface area contributed by atoms with Gasteiger partial charge in [0, 0.05) is 16.6 Å². The fraction of sp³-hybridized carbons (Fsp3) is 0.0588. The molecule has 1 amide bonds. The minimum Gasteiger partial charge on any atom is -0.454 e. The van der Waals surface area contributed by atoms with Crippen molar-refractivity contribution in [2.24, 2.45) is 0 Å². The summed E-state index contributed by atoms with van der Waals surface area (Å²) >= 11 is 9.31. The number of nitro benzene ring substituents is 1. The first kappa shape index (κ1) is 18.7. The molecule has 0 saturated heterocycles. The second-order valence-electron chi connectivity index (χ2n) is 5.27. The molecule has 3 rings (SSSR count). The van der Waals surface area contributed by atoms with Crippen LogP contribution in [0.2, 0.25) is 5.02 Å². The fourth-order valence-electron chi connectivity index (χ4n) is 2.26. The maximum atomic E-state index is 12.4. The summed E-state index contributed by atoms with van der Waals surface area (Å²) in [4.78, 5) is 22.7. The maximum absolute atomic E-state index is 12.4. The lowest BCUT2D eigenvalue weighted by atomic mass is 10.1. The van der Waals surface area contributed by atoms with Crippen LogP contribution >= 0.6 is 27.5 Å². The number of ether oxygens (including phenoxy) is 2. The average molecular weight is 451 g/mol. The smallest absolute Gasteiger partial charge is 0.271 e. The lowest BCUT2D eigenvalue weighted by Crippen LogP contribution is -2.14. The second kappa shape index (κ2) is 7.65. The number of hydrogen-bond donors (Lipinski definition) is 1. The molecule has 1 aliphatic heterocycles. The number of carbonyl (C=O) groups is 1.